The standard InChI is InChI=1S/C29H32ClN5O4/c1-38-24-5-2-4-22(18-24)26-11-12-27(32-31-26)33-13-15-34(16-14-33)28(36)20-35(19-25-6-3-17-39-25)29(37)21-7-9-23(30)10-8-21/h2,4-5,7-12,18,25H,3,6,13-17,19-20H2,1H3. The topological polar surface area (TPSA) is 88.1 Å². The number of piperazine rings is 1. The number of rotatable bonds is 8. The van der Waals surface area contributed by atoms with Crippen LogP contribution in [0.4, 0.5) is 5.82 Å². The molecule has 0 radical (unpaired) electrons. The molecule has 0 aliphatic carbocycles. The fourth-order valence-corrected chi connectivity index (χ4v) is 5.03. The minimum Gasteiger partial charge on any atom is -0.497 e. The van der Waals surface area contributed by atoms with Gasteiger partial charge in [-0.25, -0.2) is 0 Å². The molecule has 1 aromatic heterocycles. The van der Waals surface area contributed by atoms with Crippen LogP contribution in [-0.4, -0.2) is 90.9 Å². The number of hydrogen-bond donors (Lipinski definition) is 0. The number of amides is 2. The Balaban J connectivity index is 1.19. The first kappa shape index (κ1) is 26.9. The first-order valence-corrected chi connectivity index (χ1v) is 13.6. The molecule has 1 unspecified atom stereocenters. The first-order chi connectivity index (χ1) is 19.0. The molecule has 5 rings (SSSR count). The van der Waals surface area contributed by atoms with Crippen molar-refractivity contribution < 1.29 is 19.1 Å². The monoisotopic (exact) mass is 549 g/mol. The molecule has 1 atom stereocenters. The zero-order valence-corrected chi connectivity index (χ0v) is 22.7. The smallest absolute Gasteiger partial charge is 0.254 e. The Morgan fingerprint density at radius 3 is 2.51 bits per heavy atom. The van der Waals surface area contributed by atoms with Crippen LogP contribution >= 0.6 is 11.6 Å². The Kier molecular flexibility index (Phi) is 8.58. The fourth-order valence-electron chi connectivity index (χ4n) is 4.91. The molecule has 3 heterocycles. The van der Waals surface area contributed by atoms with Gasteiger partial charge in [-0.3, -0.25) is 9.59 Å². The summed E-state index contributed by atoms with van der Waals surface area (Å²) in [5.74, 6) is 1.27. The van der Waals surface area contributed by atoms with Gasteiger partial charge in [-0.1, -0.05) is 23.7 Å². The van der Waals surface area contributed by atoms with E-state index in [4.69, 9.17) is 21.1 Å². The molecule has 39 heavy (non-hydrogen) atoms. The van der Waals surface area contributed by atoms with E-state index in [0.29, 0.717) is 49.9 Å². The quantitative estimate of drug-likeness (QED) is 0.422. The second-order valence-corrected chi connectivity index (χ2v) is 10.1. The number of halogens is 1. The van der Waals surface area contributed by atoms with Crippen LogP contribution in [-0.2, 0) is 9.53 Å². The lowest BCUT2D eigenvalue weighted by atomic mass is 10.1. The summed E-state index contributed by atoms with van der Waals surface area (Å²) >= 11 is 6.00. The minimum atomic E-state index is -0.194. The van der Waals surface area contributed by atoms with Crippen LogP contribution in [0.3, 0.4) is 0 Å². The van der Waals surface area contributed by atoms with Crippen molar-refractivity contribution in [3.8, 4) is 17.0 Å². The van der Waals surface area contributed by atoms with Crippen molar-refractivity contribution in [1.82, 2.24) is 20.0 Å². The third kappa shape index (κ3) is 6.66. The highest BCUT2D eigenvalue weighted by atomic mass is 35.5. The third-order valence-corrected chi connectivity index (χ3v) is 7.38. The average Bonchev–Trinajstić information content (AvgIpc) is 3.50. The van der Waals surface area contributed by atoms with Crippen molar-refractivity contribution in [3.05, 3.63) is 71.2 Å². The zero-order chi connectivity index (χ0) is 27.2. The summed E-state index contributed by atoms with van der Waals surface area (Å²) < 4.78 is 11.1. The van der Waals surface area contributed by atoms with E-state index in [1.807, 2.05) is 41.3 Å². The highest BCUT2D eigenvalue weighted by Crippen LogP contribution is 2.23. The molecule has 0 spiro atoms. The van der Waals surface area contributed by atoms with E-state index in [2.05, 4.69) is 15.1 Å². The molecule has 2 amide bonds. The second-order valence-electron chi connectivity index (χ2n) is 9.70. The number of carbonyl (C=O) groups excluding carboxylic acids is 2. The minimum absolute atomic E-state index is 0.0103. The molecule has 2 saturated heterocycles. The first-order valence-electron chi connectivity index (χ1n) is 13.2. The number of hydrogen-bond acceptors (Lipinski definition) is 7. The van der Waals surface area contributed by atoms with Gasteiger partial charge in [0, 0.05) is 55.5 Å². The summed E-state index contributed by atoms with van der Waals surface area (Å²) in [6.45, 7) is 3.44. The number of methoxy groups -OCH3 is 1. The van der Waals surface area contributed by atoms with Gasteiger partial charge in [0.15, 0.2) is 5.82 Å². The van der Waals surface area contributed by atoms with Crippen LogP contribution < -0.4 is 9.64 Å². The lowest BCUT2D eigenvalue weighted by Crippen LogP contribution is -2.52. The van der Waals surface area contributed by atoms with E-state index in [1.54, 1.807) is 36.3 Å². The van der Waals surface area contributed by atoms with Gasteiger partial charge in [-0.15, -0.1) is 10.2 Å². The summed E-state index contributed by atoms with van der Waals surface area (Å²) in [6.07, 6.45) is 1.80. The van der Waals surface area contributed by atoms with Crippen LogP contribution in [0.2, 0.25) is 5.02 Å². The average molecular weight is 550 g/mol. The molecule has 204 valence electrons. The fraction of sp³-hybridized carbons (Fsp3) is 0.379. The second kappa shape index (κ2) is 12.4. The Morgan fingerprint density at radius 2 is 1.85 bits per heavy atom. The van der Waals surface area contributed by atoms with Crippen molar-refractivity contribution in [2.24, 2.45) is 0 Å². The lowest BCUT2D eigenvalue weighted by molar-refractivity contribution is -0.132. The lowest BCUT2D eigenvalue weighted by Gasteiger charge is -2.36. The molecule has 3 aromatic rings. The van der Waals surface area contributed by atoms with Crippen molar-refractivity contribution in [2.45, 2.75) is 18.9 Å². The van der Waals surface area contributed by atoms with Crippen LogP contribution in [0, 0.1) is 0 Å². The van der Waals surface area contributed by atoms with Crippen LogP contribution in [0.25, 0.3) is 11.3 Å². The number of nitrogens with zero attached hydrogens (tertiary/aromatic N) is 5. The number of ether oxygens (including phenoxy) is 2. The SMILES string of the molecule is COc1cccc(-c2ccc(N3CCN(C(=O)CN(CC4CCCO4)C(=O)c4ccc(Cl)cc4)CC3)nn2)c1. The summed E-state index contributed by atoms with van der Waals surface area (Å²) in [6, 6.07) is 18.4. The van der Waals surface area contributed by atoms with E-state index >= 15 is 0 Å². The van der Waals surface area contributed by atoms with Crippen molar-refractivity contribution in [3.63, 3.8) is 0 Å². The van der Waals surface area contributed by atoms with Crippen molar-refractivity contribution in [2.75, 3.05) is 57.9 Å². The van der Waals surface area contributed by atoms with Gasteiger partial charge in [0.25, 0.3) is 5.91 Å². The Bertz CT molecular complexity index is 1270. The van der Waals surface area contributed by atoms with Gasteiger partial charge in [0.05, 0.1) is 18.9 Å². The molecule has 2 aliphatic rings. The summed E-state index contributed by atoms with van der Waals surface area (Å²) in [4.78, 5) is 32.1. The van der Waals surface area contributed by atoms with Crippen molar-refractivity contribution >= 4 is 29.2 Å². The van der Waals surface area contributed by atoms with Crippen molar-refractivity contribution in [1.29, 1.82) is 0 Å². The zero-order valence-electron chi connectivity index (χ0n) is 22.0. The number of carbonyl (C=O) groups is 2. The molecular formula is C29H32ClN5O4. The van der Waals surface area contributed by atoms with E-state index in [-0.39, 0.29) is 24.5 Å². The van der Waals surface area contributed by atoms with E-state index in [9.17, 15) is 9.59 Å². The molecule has 2 aliphatic heterocycles. The Hall–Kier alpha value is -3.69. The predicted molar refractivity (Wildman–Crippen MR) is 149 cm³/mol. The summed E-state index contributed by atoms with van der Waals surface area (Å²) in [5.41, 5.74) is 2.21. The Morgan fingerprint density at radius 1 is 1.05 bits per heavy atom. The number of anilines is 1. The molecule has 0 N–H and O–H groups in total. The maximum absolute atomic E-state index is 13.3. The highest BCUT2D eigenvalue weighted by molar-refractivity contribution is 6.30. The van der Waals surface area contributed by atoms with Gasteiger partial charge in [-0.05, 0) is 61.4 Å². The van der Waals surface area contributed by atoms with Crippen LogP contribution in [0.1, 0.15) is 23.2 Å². The maximum Gasteiger partial charge on any atom is 0.254 e. The van der Waals surface area contributed by atoms with Gasteiger partial charge >= 0.3 is 0 Å². The number of aromatic nitrogens is 2. The summed E-state index contributed by atoms with van der Waals surface area (Å²) in [5, 5.41) is 9.39. The highest BCUT2D eigenvalue weighted by Gasteiger charge is 2.28. The van der Waals surface area contributed by atoms with E-state index < -0.39 is 0 Å². The summed E-state index contributed by atoms with van der Waals surface area (Å²) in [7, 11) is 1.64. The third-order valence-electron chi connectivity index (χ3n) is 7.12. The molecule has 10 heteroatoms. The maximum atomic E-state index is 13.3. The van der Waals surface area contributed by atoms with E-state index in [0.717, 1.165) is 35.7 Å². The van der Waals surface area contributed by atoms with Crippen LogP contribution in [0.15, 0.2) is 60.7 Å². The molecule has 9 nitrogen and oxygen atoms in total. The number of benzene rings is 2. The normalized spacial score (nSPS) is 17.2. The Labute approximate surface area is 233 Å². The molecule has 0 bridgehead atoms. The van der Waals surface area contributed by atoms with Crippen LogP contribution in [0.5, 0.6) is 5.75 Å². The van der Waals surface area contributed by atoms with Gasteiger partial charge in [0.2, 0.25) is 5.91 Å². The molecular weight excluding hydrogens is 518 g/mol. The largest absolute Gasteiger partial charge is 0.497 e. The van der Waals surface area contributed by atoms with Gasteiger partial charge < -0.3 is 24.2 Å². The molecule has 0 saturated carbocycles. The van der Waals surface area contributed by atoms with E-state index in [1.165, 1.54) is 0 Å². The predicted octanol–water partition coefficient (Wildman–Crippen LogP) is 3.78. The van der Waals surface area contributed by atoms with Gasteiger partial charge in [-0.2, -0.15) is 0 Å². The van der Waals surface area contributed by atoms with Gasteiger partial charge in [0.1, 0.15) is 12.3 Å². The molecule has 2 aromatic carbocycles. The molecule has 2 fully saturated rings.